The highest BCUT2D eigenvalue weighted by Gasteiger charge is 2.31. The van der Waals surface area contributed by atoms with E-state index >= 15 is 0 Å². The summed E-state index contributed by atoms with van der Waals surface area (Å²) < 4.78 is 16.6. The number of hydrogen-bond donors (Lipinski definition) is 0. The first kappa shape index (κ1) is 22.3. The fourth-order valence-electron chi connectivity index (χ4n) is 1.69. The Morgan fingerprint density at radius 1 is 1.10 bits per heavy atom. The maximum atomic E-state index is 10.1. The van der Waals surface area contributed by atoms with E-state index < -0.39 is 25.9 Å². The number of rotatable bonds is 7. The van der Waals surface area contributed by atoms with Crippen LogP contribution in [0.3, 0.4) is 0 Å². The fraction of sp³-hybridized carbons (Fsp3) is 0.923. The number of carbonyl (C=O) groups is 1. The summed E-state index contributed by atoms with van der Waals surface area (Å²) in [6.07, 6.45) is 2.05. The summed E-state index contributed by atoms with van der Waals surface area (Å²) in [5, 5.41) is 0. The zero-order valence-corrected chi connectivity index (χ0v) is 18.0. The predicted octanol–water partition coefficient (Wildman–Crippen LogP) is 3.89. The molecule has 0 aromatic heterocycles. The highest BCUT2D eigenvalue weighted by Crippen LogP contribution is 2.15. The van der Waals surface area contributed by atoms with Gasteiger partial charge < -0.3 is 13.0 Å². The molecule has 0 aromatic carbocycles. The van der Waals surface area contributed by atoms with Crippen molar-refractivity contribution in [1.82, 2.24) is 0 Å². The van der Waals surface area contributed by atoms with Crippen molar-refractivity contribution in [2.75, 3.05) is 6.61 Å². The van der Waals surface area contributed by atoms with Crippen LogP contribution in [0.4, 0.5) is 0 Å². The molecule has 0 aromatic rings. The number of esters is 1. The van der Waals surface area contributed by atoms with Crippen molar-refractivity contribution in [2.24, 2.45) is 0 Å². The number of hydrogen-bond acceptors (Lipinski definition) is 4. The fourth-order valence-corrected chi connectivity index (χ4v) is 12.8. The largest absolute Gasteiger partial charge is 0.466 e. The zero-order chi connectivity index (χ0) is 16.4. The molecule has 0 aliphatic heterocycles. The molecular formula is C13H34O4Si3. The van der Waals surface area contributed by atoms with E-state index in [0.29, 0.717) is 6.61 Å². The molecule has 0 amide bonds. The molecule has 0 saturated heterocycles. The summed E-state index contributed by atoms with van der Waals surface area (Å²) in [5.41, 5.74) is 0. The quantitative estimate of drug-likeness (QED) is 0.401. The minimum atomic E-state index is -1.78. The van der Waals surface area contributed by atoms with Gasteiger partial charge in [-0.25, -0.2) is 0 Å². The number of carbonyl (C=O) groups excluding carboxylic acids is 1. The Hall–Kier alpha value is 0.0406. The monoisotopic (exact) mass is 338 g/mol. The minimum absolute atomic E-state index is 0.182. The molecule has 7 heteroatoms. The van der Waals surface area contributed by atoms with Crippen LogP contribution in [0.25, 0.3) is 0 Å². The van der Waals surface area contributed by atoms with Crippen molar-refractivity contribution in [1.29, 1.82) is 0 Å². The summed E-state index contributed by atoms with van der Waals surface area (Å²) in [7, 11) is -4.10. The van der Waals surface area contributed by atoms with Gasteiger partial charge in [0.2, 0.25) is 0 Å². The first-order valence-corrected chi connectivity index (χ1v) is 16.4. The Morgan fingerprint density at radius 3 is 1.90 bits per heavy atom. The van der Waals surface area contributed by atoms with E-state index in [-0.39, 0.29) is 5.97 Å². The number of unbranched alkanes of at least 4 members (excludes halogenated alkanes) is 1. The van der Waals surface area contributed by atoms with Crippen LogP contribution in [-0.2, 0) is 17.8 Å². The van der Waals surface area contributed by atoms with Gasteiger partial charge in [0.05, 0.1) is 6.61 Å². The van der Waals surface area contributed by atoms with Crippen LogP contribution in [0.2, 0.25) is 45.8 Å². The third kappa shape index (κ3) is 20.4. The predicted molar refractivity (Wildman–Crippen MR) is 93.4 cm³/mol. The standard InChI is InChI=1S/C7H22O2Si3.C6H12O2/c1-10(2)8-12(6,7)9-11(3,4)5;1-3-4-5-8-6(2)7/h10H,1-7H3;3-5H2,1-2H3. The molecule has 0 fully saturated rings. The van der Waals surface area contributed by atoms with Crippen LogP contribution in [0.1, 0.15) is 26.7 Å². The molecule has 4 nitrogen and oxygen atoms in total. The molecule has 0 rings (SSSR count). The van der Waals surface area contributed by atoms with Crippen LogP contribution in [-0.4, -0.2) is 38.5 Å². The van der Waals surface area contributed by atoms with Gasteiger partial charge in [-0.2, -0.15) is 0 Å². The SMILES string of the molecule is CCCCOC(C)=O.C[SiH](C)O[Si](C)(C)O[Si](C)(C)C. The van der Waals surface area contributed by atoms with Gasteiger partial charge in [-0.1, -0.05) is 13.3 Å². The summed E-state index contributed by atoms with van der Waals surface area (Å²) in [6, 6.07) is 0. The second-order valence-electron chi connectivity index (χ2n) is 6.47. The van der Waals surface area contributed by atoms with E-state index in [1.807, 2.05) is 0 Å². The Morgan fingerprint density at radius 2 is 1.60 bits per heavy atom. The average molecular weight is 339 g/mol. The second-order valence-corrected chi connectivity index (χ2v) is 17.4. The van der Waals surface area contributed by atoms with Crippen molar-refractivity contribution < 1.29 is 17.8 Å². The lowest BCUT2D eigenvalue weighted by molar-refractivity contribution is -0.141. The van der Waals surface area contributed by atoms with Gasteiger partial charge in [-0.3, -0.25) is 4.79 Å². The van der Waals surface area contributed by atoms with Gasteiger partial charge in [0.25, 0.3) is 0 Å². The Bertz CT molecular complexity index is 263. The topological polar surface area (TPSA) is 44.8 Å². The Labute approximate surface area is 129 Å². The van der Waals surface area contributed by atoms with Crippen molar-refractivity contribution in [2.45, 2.75) is 72.5 Å². The molecule has 0 spiro atoms. The van der Waals surface area contributed by atoms with Crippen LogP contribution >= 0.6 is 0 Å². The van der Waals surface area contributed by atoms with Gasteiger partial charge in [0.1, 0.15) is 0 Å². The van der Waals surface area contributed by atoms with E-state index in [1.54, 1.807) is 0 Å². The van der Waals surface area contributed by atoms with Gasteiger partial charge in [-0.05, 0) is 52.2 Å². The molecule has 0 aliphatic rings. The molecule has 0 N–H and O–H groups in total. The van der Waals surface area contributed by atoms with Crippen molar-refractivity contribution in [3.8, 4) is 0 Å². The van der Waals surface area contributed by atoms with Crippen molar-refractivity contribution >= 4 is 31.9 Å². The lowest BCUT2D eigenvalue weighted by Crippen LogP contribution is -2.46. The minimum Gasteiger partial charge on any atom is -0.466 e. The molecule has 0 radical (unpaired) electrons. The lowest BCUT2D eigenvalue weighted by Gasteiger charge is -2.32. The first-order chi connectivity index (χ1) is 8.89. The van der Waals surface area contributed by atoms with Gasteiger partial charge in [0, 0.05) is 6.92 Å². The molecule has 0 aliphatic carbocycles. The first-order valence-electron chi connectivity index (χ1n) is 7.41. The van der Waals surface area contributed by atoms with Crippen LogP contribution in [0.15, 0.2) is 0 Å². The molecule has 122 valence electrons. The summed E-state index contributed by atoms with van der Waals surface area (Å²) in [4.78, 5) is 10.1. The molecule has 20 heavy (non-hydrogen) atoms. The third-order valence-electron chi connectivity index (χ3n) is 1.87. The molecule has 0 unspecified atom stereocenters. The second kappa shape index (κ2) is 10.7. The van der Waals surface area contributed by atoms with Crippen molar-refractivity contribution in [3.05, 3.63) is 0 Å². The zero-order valence-electron chi connectivity index (χ0n) is 14.8. The van der Waals surface area contributed by atoms with E-state index in [4.69, 9.17) is 8.23 Å². The van der Waals surface area contributed by atoms with E-state index in [9.17, 15) is 4.79 Å². The summed E-state index contributed by atoms with van der Waals surface area (Å²) in [6.45, 7) is 19.4. The summed E-state index contributed by atoms with van der Waals surface area (Å²) in [5.74, 6) is -0.182. The van der Waals surface area contributed by atoms with Crippen molar-refractivity contribution in [3.63, 3.8) is 0 Å². The molecular weight excluding hydrogens is 304 g/mol. The van der Waals surface area contributed by atoms with Gasteiger partial charge >= 0.3 is 14.5 Å². The molecule has 0 bridgehead atoms. The Balaban J connectivity index is 0. The maximum Gasteiger partial charge on any atom is 0.310 e. The maximum absolute atomic E-state index is 10.1. The third-order valence-corrected chi connectivity index (χ3v) is 10.4. The van der Waals surface area contributed by atoms with E-state index in [0.717, 1.165) is 12.8 Å². The number of ether oxygens (including phenoxy) is 1. The molecule has 0 heterocycles. The lowest BCUT2D eigenvalue weighted by atomic mass is 10.4. The Kier molecular flexibility index (Phi) is 12.0. The highest BCUT2D eigenvalue weighted by molar-refractivity contribution is 6.83. The van der Waals surface area contributed by atoms with E-state index in [2.05, 4.69) is 57.5 Å². The van der Waals surface area contributed by atoms with Crippen LogP contribution in [0, 0.1) is 0 Å². The highest BCUT2D eigenvalue weighted by atomic mass is 28.5. The summed E-state index contributed by atoms with van der Waals surface area (Å²) >= 11 is 0. The van der Waals surface area contributed by atoms with Crippen LogP contribution in [0.5, 0.6) is 0 Å². The average Bonchev–Trinajstić information content (AvgIpc) is 2.11. The van der Waals surface area contributed by atoms with E-state index in [1.165, 1.54) is 6.92 Å². The van der Waals surface area contributed by atoms with Gasteiger partial charge in [-0.15, -0.1) is 0 Å². The molecule has 0 atom stereocenters. The van der Waals surface area contributed by atoms with Gasteiger partial charge in [0.15, 0.2) is 17.4 Å². The molecule has 0 saturated carbocycles. The van der Waals surface area contributed by atoms with Crippen LogP contribution < -0.4 is 0 Å². The smallest absolute Gasteiger partial charge is 0.310 e. The normalized spacial score (nSPS) is 11.9.